The van der Waals surface area contributed by atoms with Gasteiger partial charge in [-0.3, -0.25) is 9.79 Å². The summed E-state index contributed by atoms with van der Waals surface area (Å²) in [5.74, 6) is 1.47. The van der Waals surface area contributed by atoms with Crippen LogP contribution in [0.1, 0.15) is 219 Å². The van der Waals surface area contributed by atoms with E-state index in [9.17, 15) is 4.79 Å². The van der Waals surface area contributed by atoms with Crippen molar-refractivity contribution in [1.29, 1.82) is 0 Å². The zero-order valence-electron chi connectivity index (χ0n) is 35.7. The predicted octanol–water partition coefficient (Wildman–Crippen LogP) is 12.4. The van der Waals surface area contributed by atoms with Crippen LogP contribution in [0.25, 0.3) is 0 Å². The second-order valence-electron chi connectivity index (χ2n) is 15.9. The van der Waals surface area contributed by atoms with Gasteiger partial charge >= 0.3 is 0 Å². The average Bonchev–Trinajstić information content (AvgIpc) is 3.58. The molecule has 0 unspecified atom stereocenters. The van der Waals surface area contributed by atoms with E-state index >= 15 is 0 Å². The van der Waals surface area contributed by atoms with Crippen molar-refractivity contribution in [3.8, 4) is 0 Å². The number of aliphatic imine (C=N–C) groups is 1. The maximum absolute atomic E-state index is 11.7. The van der Waals surface area contributed by atoms with Crippen LogP contribution >= 0.6 is 0 Å². The number of β-amino-alcohol motifs (C(OH)–C–C–N with tert-alkyl or cyclic N) is 1. The number of nitrogens with zero attached hydrogens (tertiary/aromatic N) is 3. The molecule has 308 valence electrons. The van der Waals surface area contributed by atoms with Gasteiger partial charge in [0.2, 0.25) is 5.91 Å². The summed E-state index contributed by atoms with van der Waals surface area (Å²) < 4.78 is 0. The fourth-order valence-electron chi connectivity index (χ4n) is 7.03. The highest BCUT2D eigenvalue weighted by atomic mass is 16.3. The van der Waals surface area contributed by atoms with Gasteiger partial charge in [0.15, 0.2) is 0 Å². The molecule has 0 radical (unpaired) electrons. The van der Waals surface area contributed by atoms with Crippen molar-refractivity contribution in [3.63, 3.8) is 0 Å². The molecule has 0 aliphatic carbocycles. The lowest BCUT2D eigenvalue weighted by Gasteiger charge is -2.18. The number of unbranched alkanes of at least 4 members (excludes halogenated alkanes) is 26. The predicted molar refractivity (Wildman–Crippen MR) is 231 cm³/mol. The molecule has 0 aromatic rings. The third-order valence-corrected chi connectivity index (χ3v) is 10.4. The van der Waals surface area contributed by atoms with Crippen LogP contribution in [0, 0.1) is 0 Å². The molecule has 52 heavy (non-hydrogen) atoms. The van der Waals surface area contributed by atoms with Gasteiger partial charge in [0.05, 0.1) is 19.0 Å². The summed E-state index contributed by atoms with van der Waals surface area (Å²) in [5.41, 5.74) is 0. The Labute approximate surface area is 325 Å². The first-order valence-electron chi connectivity index (χ1n) is 23.0. The SMILES string of the molecule is CCCCCCCC/C=C\CCCCCCCCC1=NCCN1CCO.CCCCCCCCCCCCCCCCCC(=O)NCCCN(C)C. The summed E-state index contributed by atoms with van der Waals surface area (Å²) >= 11 is 0. The second kappa shape index (κ2) is 42.3. The van der Waals surface area contributed by atoms with Crippen molar-refractivity contribution in [2.75, 3.05) is 53.4 Å². The quantitative estimate of drug-likeness (QED) is 0.0490. The fourth-order valence-corrected chi connectivity index (χ4v) is 7.03. The molecule has 1 aliphatic rings. The number of nitrogens with one attached hydrogen (secondary N) is 1. The lowest BCUT2D eigenvalue weighted by atomic mass is 10.0. The van der Waals surface area contributed by atoms with Crippen LogP contribution < -0.4 is 5.32 Å². The van der Waals surface area contributed by atoms with E-state index < -0.39 is 0 Å². The molecule has 0 bridgehead atoms. The third kappa shape index (κ3) is 38.3. The van der Waals surface area contributed by atoms with Crippen molar-refractivity contribution in [3.05, 3.63) is 12.2 Å². The smallest absolute Gasteiger partial charge is 0.219 e. The highest BCUT2D eigenvalue weighted by Gasteiger charge is 2.15. The number of allylic oxidation sites excluding steroid dienone is 2. The first kappa shape index (κ1) is 50.6. The van der Waals surface area contributed by atoms with Gasteiger partial charge in [-0.05, 0) is 65.6 Å². The van der Waals surface area contributed by atoms with Crippen molar-refractivity contribution < 1.29 is 9.90 Å². The van der Waals surface area contributed by atoms with Gasteiger partial charge in [-0.2, -0.15) is 0 Å². The van der Waals surface area contributed by atoms with Crippen LogP contribution in [0.5, 0.6) is 0 Å². The van der Waals surface area contributed by atoms with E-state index in [0.29, 0.717) is 6.42 Å². The van der Waals surface area contributed by atoms with Crippen molar-refractivity contribution >= 4 is 11.7 Å². The minimum absolute atomic E-state index is 0.235. The number of aliphatic hydroxyl groups excluding tert-OH is 1. The average molecular weight is 733 g/mol. The van der Waals surface area contributed by atoms with Crippen LogP contribution in [0.15, 0.2) is 17.1 Å². The monoisotopic (exact) mass is 733 g/mol. The van der Waals surface area contributed by atoms with Gasteiger partial charge in [-0.25, -0.2) is 0 Å². The third-order valence-electron chi connectivity index (χ3n) is 10.4. The largest absolute Gasteiger partial charge is 0.395 e. The van der Waals surface area contributed by atoms with Crippen molar-refractivity contribution in [1.82, 2.24) is 15.1 Å². The summed E-state index contributed by atoms with van der Waals surface area (Å²) in [6.45, 7) is 9.34. The Hall–Kier alpha value is -1.40. The van der Waals surface area contributed by atoms with E-state index in [4.69, 9.17) is 5.11 Å². The van der Waals surface area contributed by atoms with E-state index in [-0.39, 0.29) is 12.5 Å². The summed E-state index contributed by atoms with van der Waals surface area (Å²) in [4.78, 5) is 20.7. The first-order valence-corrected chi connectivity index (χ1v) is 23.0. The summed E-state index contributed by atoms with van der Waals surface area (Å²) in [6, 6.07) is 0. The molecule has 0 saturated carbocycles. The molecule has 0 aromatic carbocycles. The maximum atomic E-state index is 11.7. The second-order valence-corrected chi connectivity index (χ2v) is 15.9. The minimum atomic E-state index is 0.235. The van der Waals surface area contributed by atoms with Gasteiger partial charge in [0.1, 0.15) is 0 Å². The normalized spacial score (nSPS) is 12.9. The molecule has 1 heterocycles. The highest BCUT2D eigenvalue weighted by molar-refractivity contribution is 5.83. The molecule has 0 spiro atoms. The van der Waals surface area contributed by atoms with Crippen molar-refractivity contribution in [2.24, 2.45) is 4.99 Å². The van der Waals surface area contributed by atoms with Crippen LogP contribution in [-0.4, -0.2) is 80.1 Å². The Bertz CT molecular complexity index is 784. The lowest BCUT2D eigenvalue weighted by Crippen LogP contribution is -2.30. The number of rotatable bonds is 38. The van der Waals surface area contributed by atoms with Crippen LogP contribution in [0.2, 0.25) is 0 Å². The number of hydrogen-bond acceptors (Lipinski definition) is 5. The molecule has 0 saturated heterocycles. The van der Waals surface area contributed by atoms with Gasteiger partial charge in [-0.15, -0.1) is 0 Å². The zero-order chi connectivity index (χ0) is 38.0. The van der Waals surface area contributed by atoms with E-state index in [1.165, 1.54) is 186 Å². The highest BCUT2D eigenvalue weighted by Crippen LogP contribution is 2.15. The Morgan fingerprint density at radius 2 is 1.10 bits per heavy atom. The van der Waals surface area contributed by atoms with Crippen LogP contribution in [0.4, 0.5) is 0 Å². The molecule has 1 rings (SSSR count). The van der Waals surface area contributed by atoms with Gasteiger partial charge in [-0.1, -0.05) is 174 Å². The van der Waals surface area contributed by atoms with E-state index in [1.54, 1.807) is 0 Å². The first-order chi connectivity index (χ1) is 25.5. The molecule has 6 nitrogen and oxygen atoms in total. The molecule has 0 fully saturated rings. The number of carbonyl (C=O) groups excluding carboxylic acids is 1. The Kier molecular flexibility index (Phi) is 41.2. The molecule has 2 N–H and O–H groups in total. The van der Waals surface area contributed by atoms with Gasteiger partial charge < -0.3 is 20.2 Å². The van der Waals surface area contributed by atoms with E-state index in [0.717, 1.165) is 52.0 Å². The molecular formula is C46H92N4O2. The van der Waals surface area contributed by atoms with Gasteiger partial charge in [0, 0.05) is 32.5 Å². The molecule has 6 heteroatoms. The fraction of sp³-hybridized carbons (Fsp3) is 0.913. The summed E-state index contributed by atoms with van der Waals surface area (Å²) in [6.07, 6.45) is 47.2. The van der Waals surface area contributed by atoms with Crippen molar-refractivity contribution in [2.45, 2.75) is 219 Å². The number of carbonyl (C=O) groups is 1. The molecule has 0 aromatic heterocycles. The van der Waals surface area contributed by atoms with Crippen LogP contribution in [0.3, 0.4) is 0 Å². The number of amides is 1. The number of hydrogen-bond donors (Lipinski definition) is 2. The summed E-state index contributed by atoms with van der Waals surface area (Å²) in [7, 11) is 4.13. The van der Waals surface area contributed by atoms with Crippen LogP contribution in [-0.2, 0) is 4.79 Å². The summed E-state index contributed by atoms with van der Waals surface area (Å²) in [5, 5.41) is 12.1. The Balaban J connectivity index is 0.00000100. The molecular weight excluding hydrogens is 641 g/mol. The van der Waals surface area contributed by atoms with E-state index in [1.807, 2.05) is 0 Å². The molecule has 1 amide bonds. The Morgan fingerprint density at radius 1 is 0.654 bits per heavy atom. The van der Waals surface area contributed by atoms with E-state index in [2.05, 4.69) is 60.2 Å². The topological polar surface area (TPSA) is 68.2 Å². The lowest BCUT2D eigenvalue weighted by molar-refractivity contribution is -0.121. The standard InChI is InChI=1S/C23H44N2O.C23H48N2O/c1-2-3-4-5-6-7-8-9-10-11-12-13-14-15-16-17-18-23-24-19-20-25(23)21-22-26;1-4-5-6-7-8-9-10-11-12-13-14-15-16-17-18-20-23(26)24-21-19-22-25(2)3/h9-10,26H,2-8,11-22H2,1H3;4-22H2,1-3H3,(H,24,26)/b10-9-;. The number of aliphatic hydroxyl groups is 1. The molecule has 1 aliphatic heterocycles. The minimum Gasteiger partial charge on any atom is -0.395 e. The molecule has 0 atom stereocenters. The maximum Gasteiger partial charge on any atom is 0.219 e. The zero-order valence-corrected chi connectivity index (χ0v) is 35.7. The number of amidine groups is 1. The Morgan fingerprint density at radius 3 is 1.56 bits per heavy atom. The van der Waals surface area contributed by atoms with Gasteiger partial charge in [0.25, 0.3) is 0 Å².